The molecule has 2 amide bonds. The first kappa shape index (κ1) is 39.5. The molecule has 2 unspecified atom stereocenters. The van der Waals surface area contributed by atoms with Crippen LogP contribution < -0.4 is 15.4 Å². The van der Waals surface area contributed by atoms with E-state index in [2.05, 4.69) is 86.8 Å². The SMILES string of the molecule is CC(C)NC(=O)C(CC(C)(C)C(C)(C)C(C)(CC(C)(C)C)C(=O)NCCCOc1ccc([N+](=O)[O-])c(C2OCCO2)c1)C(C)(C)C. The highest BCUT2D eigenvalue weighted by Gasteiger charge is 2.56. The lowest BCUT2D eigenvalue weighted by Crippen LogP contribution is -2.57. The molecule has 2 atom stereocenters. The van der Waals surface area contributed by atoms with Gasteiger partial charge < -0.3 is 24.8 Å². The molecular formula is C36H61N3O7. The van der Waals surface area contributed by atoms with E-state index in [4.69, 9.17) is 14.2 Å². The molecule has 1 heterocycles. The quantitative estimate of drug-likeness (QED) is 0.114. The van der Waals surface area contributed by atoms with Gasteiger partial charge in [-0.05, 0) is 66.9 Å². The summed E-state index contributed by atoms with van der Waals surface area (Å²) >= 11 is 0. The van der Waals surface area contributed by atoms with Gasteiger partial charge in [-0.25, -0.2) is 0 Å². The molecule has 1 aliphatic heterocycles. The van der Waals surface area contributed by atoms with E-state index in [1.54, 1.807) is 12.1 Å². The Balaban J connectivity index is 2.19. The van der Waals surface area contributed by atoms with E-state index in [1.807, 2.05) is 13.8 Å². The fourth-order valence-corrected chi connectivity index (χ4v) is 6.51. The molecular weight excluding hydrogens is 586 g/mol. The summed E-state index contributed by atoms with van der Waals surface area (Å²) < 4.78 is 16.9. The molecule has 1 saturated heterocycles. The van der Waals surface area contributed by atoms with Crippen LogP contribution in [0.4, 0.5) is 5.69 Å². The van der Waals surface area contributed by atoms with Crippen LogP contribution in [0.15, 0.2) is 18.2 Å². The first-order chi connectivity index (χ1) is 20.9. The number of ether oxygens (including phenoxy) is 3. The van der Waals surface area contributed by atoms with Crippen molar-refractivity contribution in [1.29, 1.82) is 0 Å². The van der Waals surface area contributed by atoms with Gasteiger partial charge in [-0.1, -0.05) is 76.2 Å². The Morgan fingerprint density at radius 2 is 1.59 bits per heavy atom. The molecule has 0 aliphatic carbocycles. The number of nitro benzene ring substituents is 1. The minimum atomic E-state index is -0.792. The van der Waals surface area contributed by atoms with Gasteiger partial charge in [0.05, 0.1) is 35.7 Å². The van der Waals surface area contributed by atoms with Crippen molar-refractivity contribution in [2.24, 2.45) is 33.0 Å². The zero-order chi connectivity index (χ0) is 35.3. The summed E-state index contributed by atoms with van der Waals surface area (Å²) in [6.45, 7) is 29.0. The maximum atomic E-state index is 14.2. The molecule has 2 N–H and O–H groups in total. The molecule has 1 aromatic carbocycles. The monoisotopic (exact) mass is 647 g/mol. The van der Waals surface area contributed by atoms with Crippen LogP contribution >= 0.6 is 0 Å². The van der Waals surface area contributed by atoms with Gasteiger partial charge in [0.15, 0.2) is 6.29 Å². The Bertz CT molecular complexity index is 1210. The minimum absolute atomic E-state index is 0.0207. The second-order valence-electron chi connectivity index (χ2n) is 16.9. The normalized spacial score (nSPS) is 17.0. The minimum Gasteiger partial charge on any atom is -0.494 e. The van der Waals surface area contributed by atoms with Crippen molar-refractivity contribution in [1.82, 2.24) is 10.6 Å². The van der Waals surface area contributed by atoms with Crippen molar-refractivity contribution in [3.63, 3.8) is 0 Å². The Labute approximate surface area is 277 Å². The molecule has 1 fully saturated rings. The summed E-state index contributed by atoms with van der Waals surface area (Å²) in [4.78, 5) is 38.7. The third-order valence-corrected chi connectivity index (χ3v) is 9.91. The maximum Gasteiger partial charge on any atom is 0.277 e. The van der Waals surface area contributed by atoms with Crippen molar-refractivity contribution in [3.8, 4) is 5.75 Å². The average molecular weight is 648 g/mol. The predicted molar refractivity (Wildman–Crippen MR) is 181 cm³/mol. The van der Waals surface area contributed by atoms with Crippen molar-refractivity contribution < 1.29 is 28.7 Å². The fraction of sp³-hybridized carbons (Fsp3) is 0.778. The summed E-state index contributed by atoms with van der Waals surface area (Å²) in [6, 6.07) is 4.60. The van der Waals surface area contributed by atoms with Crippen molar-refractivity contribution in [3.05, 3.63) is 33.9 Å². The zero-order valence-electron chi connectivity index (χ0n) is 30.7. The van der Waals surface area contributed by atoms with Gasteiger partial charge in [-0.15, -0.1) is 0 Å². The molecule has 10 heteroatoms. The van der Waals surface area contributed by atoms with Crippen LogP contribution in [0.1, 0.15) is 121 Å². The number of carbonyl (C=O) groups excluding carboxylic acids is 2. The van der Waals surface area contributed by atoms with Crippen LogP contribution in [0.3, 0.4) is 0 Å². The second kappa shape index (κ2) is 15.0. The number of carbonyl (C=O) groups is 2. The van der Waals surface area contributed by atoms with Crippen molar-refractivity contribution in [2.45, 2.75) is 122 Å². The first-order valence-corrected chi connectivity index (χ1v) is 16.7. The lowest BCUT2D eigenvalue weighted by atomic mass is 9.48. The fourth-order valence-electron chi connectivity index (χ4n) is 6.51. The lowest BCUT2D eigenvalue weighted by molar-refractivity contribution is -0.386. The highest BCUT2D eigenvalue weighted by Crippen LogP contribution is 2.58. The molecule has 2 rings (SSSR count). The third kappa shape index (κ3) is 9.89. The Morgan fingerprint density at radius 3 is 2.09 bits per heavy atom. The Kier molecular flexibility index (Phi) is 12.9. The topological polar surface area (TPSA) is 129 Å². The molecule has 1 aromatic rings. The number of nitrogens with one attached hydrogen (secondary N) is 2. The Morgan fingerprint density at radius 1 is 1.00 bits per heavy atom. The lowest BCUT2D eigenvalue weighted by Gasteiger charge is -2.55. The first-order valence-electron chi connectivity index (χ1n) is 16.7. The number of benzene rings is 1. The average Bonchev–Trinajstić information content (AvgIpc) is 3.44. The van der Waals surface area contributed by atoms with E-state index in [0.717, 1.165) is 0 Å². The summed E-state index contributed by atoms with van der Waals surface area (Å²) in [5.74, 6) is 0.278. The van der Waals surface area contributed by atoms with Crippen LogP contribution in [-0.4, -0.2) is 49.1 Å². The largest absolute Gasteiger partial charge is 0.494 e. The van der Waals surface area contributed by atoms with Gasteiger partial charge in [0.1, 0.15) is 5.75 Å². The summed E-state index contributed by atoms with van der Waals surface area (Å²) in [7, 11) is 0. The van der Waals surface area contributed by atoms with Crippen molar-refractivity contribution in [2.75, 3.05) is 26.4 Å². The highest BCUT2D eigenvalue weighted by atomic mass is 16.7. The highest BCUT2D eigenvalue weighted by molar-refractivity contribution is 5.83. The number of hydrogen-bond donors (Lipinski definition) is 2. The molecule has 10 nitrogen and oxygen atoms in total. The molecule has 0 bridgehead atoms. The predicted octanol–water partition coefficient (Wildman–Crippen LogP) is 7.60. The smallest absolute Gasteiger partial charge is 0.277 e. The summed E-state index contributed by atoms with van der Waals surface area (Å²) in [5.41, 5.74) is -1.75. The molecule has 0 aromatic heterocycles. The Hall–Kier alpha value is -2.72. The van der Waals surface area contributed by atoms with E-state index >= 15 is 0 Å². The molecule has 0 spiro atoms. The second-order valence-corrected chi connectivity index (χ2v) is 16.9. The van der Waals surface area contributed by atoms with Crippen molar-refractivity contribution >= 4 is 17.5 Å². The molecule has 262 valence electrons. The van der Waals surface area contributed by atoms with E-state index in [-0.39, 0.29) is 45.7 Å². The van der Waals surface area contributed by atoms with Gasteiger partial charge >= 0.3 is 0 Å². The van der Waals surface area contributed by atoms with Crippen LogP contribution in [0, 0.1) is 43.1 Å². The zero-order valence-corrected chi connectivity index (χ0v) is 30.7. The maximum absolute atomic E-state index is 14.2. The number of rotatable bonds is 15. The number of hydrogen-bond acceptors (Lipinski definition) is 7. The van der Waals surface area contributed by atoms with E-state index < -0.39 is 22.0 Å². The molecule has 46 heavy (non-hydrogen) atoms. The van der Waals surface area contributed by atoms with Gasteiger partial charge in [0.2, 0.25) is 11.8 Å². The molecule has 1 aliphatic rings. The van der Waals surface area contributed by atoms with E-state index in [0.29, 0.717) is 56.9 Å². The van der Waals surface area contributed by atoms with Crippen LogP contribution in [0.2, 0.25) is 0 Å². The summed E-state index contributed by atoms with van der Waals surface area (Å²) in [6.07, 6.45) is 1.05. The number of amides is 2. The van der Waals surface area contributed by atoms with Gasteiger partial charge in [-0.2, -0.15) is 0 Å². The molecule has 0 saturated carbocycles. The third-order valence-electron chi connectivity index (χ3n) is 9.91. The van der Waals surface area contributed by atoms with Crippen LogP contribution in [0.5, 0.6) is 5.75 Å². The van der Waals surface area contributed by atoms with Gasteiger partial charge in [0.25, 0.3) is 5.69 Å². The number of nitrogens with zero attached hydrogens (tertiary/aromatic N) is 1. The number of nitro groups is 1. The van der Waals surface area contributed by atoms with Crippen LogP contribution in [-0.2, 0) is 19.1 Å². The summed E-state index contributed by atoms with van der Waals surface area (Å²) in [5, 5.41) is 17.8. The van der Waals surface area contributed by atoms with Crippen LogP contribution in [0.25, 0.3) is 0 Å². The van der Waals surface area contributed by atoms with Gasteiger partial charge in [-0.3, -0.25) is 19.7 Å². The standard InChI is InChI=1S/C36H61N3O7/c1-24(2)38-29(40)27(33(6,7)8)22-34(9,10)35(11,12)36(13,23-32(3,4)5)31(41)37-17-14-18-44-25-15-16-28(39(42)43)26(21-25)30-45-19-20-46-30/h15-16,21,24,27,30H,14,17-20,22-23H2,1-13H3,(H,37,41)(H,38,40). The van der Waals surface area contributed by atoms with E-state index in [1.165, 1.54) is 6.07 Å². The molecule has 0 radical (unpaired) electrons. The van der Waals surface area contributed by atoms with Gasteiger partial charge in [0, 0.05) is 24.6 Å². The van der Waals surface area contributed by atoms with E-state index in [9.17, 15) is 19.7 Å².